The van der Waals surface area contributed by atoms with Gasteiger partial charge in [0.25, 0.3) is 0 Å². The third kappa shape index (κ3) is 3.16. The van der Waals surface area contributed by atoms with Crippen LogP contribution in [0.1, 0.15) is 39.9 Å². The van der Waals surface area contributed by atoms with Crippen LogP contribution in [0.5, 0.6) is 0 Å². The summed E-state index contributed by atoms with van der Waals surface area (Å²) < 4.78 is 2.05. The van der Waals surface area contributed by atoms with Crippen LogP contribution in [-0.4, -0.2) is 55.9 Å². The molecule has 9 heteroatoms. The highest BCUT2D eigenvalue weighted by atomic mass is 16.8. The van der Waals surface area contributed by atoms with E-state index in [1.807, 2.05) is 10.9 Å². The first-order valence-corrected chi connectivity index (χ1v) is 9.16. The zero-order valence-corrected chi connectivity index (χ0v) is 15.7. The maximum atomic E-state index is 9.95. The van der Waals surface area contributed by atoms with E-state index in [0.29, 0.717) is 13.1 Å². The minimum Gasteiger partial charge on any atom is -0.391 e. The second-order valence-corrected chi connectivity index (χ2v) is 8.31. The average molecular weight is 361 g/mol. The standard InChI is InChI=1S/C17H27N7O2/c1-10-12(22-26-21-10)8-24-9-18-13-14(23-6-5-11(25)7-23)19-16(17(2,3)4)20-15(13)24/h9-12,21-22,25H,5-8H2,1-4H3/t10?,11-,12?/m0/s1. The maximum absolute atomic E-state index is 9.95. The van der Waals surface area contributed by atoms with Crippen molar-refractivity contribution in [3.8, 4) is 0 Å². The van der Waals surface area contributed by atoms with E-state index in [4.69, 9.17) is 14.9 Å². The van der Waals surface area contributed by atoms with Crippen LogP contribution in [0.2, 0.25) is 0 Å². The first kappa shape index (κ1) is 17.6. The average Bonchev–Trinajstić information content (AvgIpc) is 3.28. The summed E-state index contributed by atoms with van der Waals surface area (Å²) >= 11 is 0. The summed E-state index contributed by atoms with van der Waals surface area (Å²) in [4.78, 5) is 21.5. The van der Waals surface area contributed by atoms with Crippen molar-refractivity contribution in [1.82, 2.24) is 30.5 Å². The van der Waals surface area contributed by atoms with Crippen molar-refractivity contribution < 1.29 is 10.0 Å². The van der Waals surface area contributed by atoms with Crippen LogP contribution in [0, 0.1) is 0 Å². The van der Waals surface area contributed by atoms with Gasteiger partial charge in [-0.15, -0.1) is 0 Å². The molecule has 3 atom stereocenters. The molecule has 26 heavy (non-hydrogen) atoms. The number of fused-ring (bicyclic) bond motifs is 1. The molecule has 4 rings (SSSR count). The number of aliphatic hydroxyl groups excluding tert-OH is 1. The largest absolute Gasteiger partial charge is 0.391 e. The van der Waals surface area contributed by atoms with Crippen molar-refractivity contribution in [2.24, 2.45) is 0 Å². The zero-order chi connectivity index (χ0) is 18.5. The number of nitrogens with one attached hydrogen (secondary N) is 2. The molecule has 3 N–H and O–H groups in total. The molecule has 2 aromatic heterocycles. The van der Waals surface area contributed by atoms with Crippen LogP contribution in [0.4, 0.5) is 5.82 Å². The second kappa shape index (κ2) is 6.41. The maximum Gasteiger partial charge on any atom is 0.165 e. The van der Waals surface area contributed by atoms with Crippen LogP contribution in [-0.2, 0) is 16.9 Å². The lowest BCUT2D eigenvalue weighted by Crippen LogP contribution is -2.35. The number of hydrogen-bond donors (Lipinski definition) is 3. The minimum atomic E-state index is -0.313. The molecule has 9 nitrogen and oxygen atoms in total. The van der Waals surface area contributed by atoms with Gasteiger partial charge in [0, 0.05) is 25.0 Å². The molecule has 2 aliphatic heterocycles. The van der Waals surface area contributed by atoms with Crippen molar-refractivity contribution in [3.63, 3.8) is 0 Å². The number of β-amino-alcohol motifs (C(OH)–C–C–N with tert-alkyl or cyclic N) is 1. The van der Waals surface area contributed by atoms with Gasteiger partial charge in [-0.05, 0) is 13.3 Å². The lowest BCUT2D eigenvalue weighted by Gasteiger charge is -2.22. The van der Waals surface area contributed by atoms with E-state index < -0.39 is 0 Å². The van der Waals surface area contributed by atoms with Crippen LogP contribution in [0.3, 0.4) is 0 Å². The number of hydrogen-bond acceptors (Lipinski definition) is 8. The molecule has 2 saturated heterocycles. The molecule has 0 aliphatic carbocycles. The lowest BCUT2D eigenvalue weighted by molar-refractivity contribution is 0.00893. The van der Waals surface area contributed by atoms with E-state index in [9.17, 15) is 5.11 Å². The van der Waals surface area contributed by atoms with Crippen LogP contribution >= 0.6 is 0 Å². The van der Waals surface area contributed by atoms with Gasteiger partial charge in [-0.1, -0.05) is 20.8 Å². The van der Waals surface area contributed by atoms with Gasteiger partial charge < -0.3 is 14.6 Å². The fraction of sp³-hybridized carbons (Fsp3) is 0.706. The van der Waals surface area contributed by atoms with E-state index in [2.05, 4.69) is 48.5 Å². The Labute approximate surface area is 152 Å². The van der Waals surface area contributed by atoms with Crippen molar-refractivity contribution in [1.29, 1.82) is 0 Å². The molecular formula is C17H27N7O2. The van der Waals surface area contributed by atoms with E-state index in [-0.39, 0.29) is 23.6 Å². The highest BCUT2D eigenvalue weighted by molar-refractivity contribution is 5.84. The monoisotopic (exact) mass is 361 g/mol. The SMILES string of the molecule is CC1NONC1Cn1cnc2c(N3CC[C@H](O)C3)nc(C(C)(C)C)nc21. The van der Waals surface area contributed by atoms with Crippen LogP contribution in [0.15, 0.2) is 6.33 Å². The fourth-order valence-corrected chi connectivity index (χ4v) is 3.35. The summed E-state index contributed by atoms with van der Waals surface area (Å²) in [6.07, 6.45) is 2.25. The molecule has 0 saturated carbocycles. The first-order valence-electron chi connectivity index (χ1n) is 9.16. The molecule has 2 fully saturated rings. The summed E-state index contributed by atoms with van der Waals surface area (Å²) in [5.41, 5.74) is 7.32. The van der Waals surface area contributed by atoms with Gasteiger partial charge in [-0.2, -0.15) is 11.0 Å². The van der Waals surface area contributed by atoms with E-state index in [0.717, 1.165) is 35.8 Å². The molecule has 0 aromatic carbocycles. The smallest absolute Gasteiger partial charge is 0.165 e. The minimum absolute atomic E-state index is 0.123. The van der Waals surface area contributed by atoms with E-state index in [1.165, 1.54) is 0 Å². The quantitative estimate of drug-likeness (QED) is 0.726. The molecule has 0 spiro atoms. The number of hydroxylamine groups is 2. The number of imidazole rings is 1. The molecule has 142 valence electrons. The number of aliphatic hydroxyl groups is 1. The summed E-state index contributed by atoms with van der Waals surface area (Å²) in [6, 6.07) is 0.307. The Hall–Kier alpha value is -1.81. The number of nitrogens with zero attached hydrogens (tertiary/aromatic N) is 5. The Balaban J connectivity index is 1.78. The highest BCUT2D eigenvalue weighted by Crippen LogP contribution is 2.29. The molecule has 0 bridgehead atoms. The summed E-state index contributed by atoms with van der Waals surface area (Å²) in [5.74, 6) is 1.60. The number of aromatic nitrogens is 4. The zero-order valence-electron chi connectivity index (χ0n) is 15.7. The van der Waals surface area contributed by atoms with Crippen LogP contribution < -0.4 is 15.9 Å². The number of rotatable bonds is 3. The van der Waals surface area contributed by atoms with Crippen molar-refractivity contribution in [3.05, 3.63) is 12.2 Å². The normalized spacial score (nSPS) is 27.0. The molecule has 2 unspecified atom stereocenters. The van der Waals surface area contributed by atoms with Gasteiger partial charge >= 0.3 is 0 Å². The molecular weight excluding hydrogens is 334 g/mol. The lowest BCUT2D eigenvalue weighted by atomic mass is 9.96. The predicted molar refractivity (Wildman–Crippen MR) is 97.5 cm³/mol. The highest BCUT2D eigenvalue weighted by Gasteiger charge is 2.30. The third-order valence-electron chi connectivity index (χ3n) is 5.03. The Morgan fingerprint density at radius 3 is 2.73 bits per heavy atom. The Kier molecular flexibility index (Phi) is 4.34. The van der Waals surface area contributed by atoms with Gasteiger partial charge in [-0.25, -0.2) is 19.9 Å². The van der Waals surface area contributed by atoms with Crippen molar-refractivity contribution in [2.45, 2.75) is 64.3 Å². The molecule has 0 radical (unpaired) electrons. The van der Waals surface area contributed by atoms with Gasteiger partial charge in [0.1, 0.15) is 5.82 Å². The third-order valence-corrected chi connectivity index (χ3v) is 5.03. The van der Waals surface area contributed by atoms with Gasteiger partial charge in [0.2, 0.25) is 0 Å². The summed E-state index contributed by atoms with van der Waals surface area (Å²) in [5, 5.41) is 9.95. The Bertz CT molecular complexity index is 800. The summed E-state index contributed by atoms with van der Waals surface area (Å²) in [7, 11) is 0. The molecule has 2 aliphatic rings. The van der Waals surface area contributed by atoms with Gasteiger partial charge in [-0.3, -0.25) is 0 Å². The first-order chi connectivity index (χ1) is 12.3. The second-order valence-electron chi connectivity index (χ2n) is 8.31. The molecule has 0 amide bonds. The summed E-state index contributed by atoms with van der Waals surface area (Å²) in [6.45, 7) is 10.4. The van der Waals surface area contributed by atoms with Crippen molar-refractivity contribution >= 4 is 17.0 Å². The Morgan fingerprint density at radius 2 is 2.12 bits per heavy atom. The van der Waals surface area contributed by atoms with Crippen LogP contribution in [0.25, 0.3) is 11.2 Å². The van der Waals surface area contributed by atoms with Gasteiger partial charge in [0.05, 0.1) is 24.5 Å². The topological polar surface area (TPSA) is 100 Å². The predicted octanol–water partition coefficient (Wildman–Crippen LogP) is 0.491. The molecule has 2 aromatic rings. The van der Waals surface area contributed by atoms with E-state index in [1.54, 1.807) is 0 Å². The van der Waals surface area contributed by atoms with Crippen molar-refractivity contribution in [2.75, 3.05) is 18.0 Å². The Morgan fingerprint density at radius 1 is 1.31 bits per heavy atom. The van der Waals surface area contributed by atoms with E-state index >= 15 is 0 Å². The molecule has 4 heterocycles. The fourth-order valence-electron chi connectivity index (χ4n) is 3.35. The number of anilines is 1. The van der Waals surface area contributed by atoms with Gasteiger partial charge in [0.15, 0.2) is 17.0 Å².